The molecule has 0 saturated heterocycles. The molecule has 0 aliphatic heterocycles. The molecule has 1 fully saturated rings. The second kappa shape index (κ2) is 7.55. The highest BCUT2D eigenvalue weighted by atomic mass is 32.2. The van der Waals surface area contributed by atoms with Crippen molar-refractivity contribution in [2.45, 2.75) is 44.0 Å². The summed E-state index contributed by atoms with van der Waals surface area (Å²) in [7, 11) is 0. The standard InChI is InChI=1S/C15H23N3OS/c1-2-20-14-7-6-13(9-14)17-10-11-4-3-5-12(8-11)15(16)18-19/h3-5,8,13-14,17,19H,2,6-7,9-10H2,1H3,(H2,16,18). The van der Waals surface area contributed by atoms with Gasteiger partial charge in [0.15, 0.2) is 5.84 Å². The number of oxime groups is 1. The van der Waals surface area contributed by atoms with Crippen LogP contribution in [-0.2, 0) is 6.54 Å². The summed E-state index contributed by atoms with van der Waals surface area (Å²) in [6.07, 6.45) is 3.84. The van der Waals surface area contributed by atoms with Gasteiger partial charge in [0.05, 0.1) is 0 Å². The number of rotatable bonds is 6. The van der Waals surface area contributed by atoms with Gasteiger partial charge in [0.25, 0.3) is 0 Å². The van der Waals surface area contributed by atoms with Crippen LogP contribution in [0.25, 0.3) is 0 Å². The van der Waals surface area contributed by atoms with Crippen molar-refractivity contribution in [2.24, 2.45) is 10.9 Å². The lowest BCUT2D eigenvalue weighted by Crippen LogP contribution is -2.26. The highest BCUT2D eigenvalue weighted by Gasteiger charge is 2.23. The largest absolute Gasteiger partial charge is 0.409 e. The summed E-state index contributed by atoms with van der Waals surface area (Å²) in [4.78, 5) is 0. The van der Waals surface area contributed by atoms with Gasteiger partial charge in [-0.1, -0.05) is 30.3 Å². The van der Waals surface area contributed by atoms with Gasteiger partial charge >= 0.3 is 0 Å². The van der Waals surface area contributed by atoms with Crippen molar-refractivity contribution in [3.05, 3.63) is 35.4 Å². The van der Waals surface area contributed by atoms with Gasteiger partial charge in [0.2, 0.25) is 0 Å². The lowest BCUT2D eigenvalue weighted by molar-refractivity contribution is 0.318. The molecule has 1 aromatic carbocycles. The zero-order valence-corrected chi connectivity index (χ0v) is 12.7. The first-order valence-electron chi connectivity index (χ1n) is 7.14. The molecule has 1 aliphatic carbocycles. The second-order valence-corrected chi connectivity index (χ2v) is 6.73. The molecular weight excluding hydrogens is 270 g/mol. The first kappa shape index (κ1) is 15.2. The molecule has 0 heterocycles. The molecule has 1 aliphatic rings. The number of hydrogen-bond donors (Lipinski definition) is 3. The Hall–Kier alpha value is -1.20. The predicted molar refractivity (Wildman–Crippen MR) is 85.4 cm³/mol. The summed E-state index contributed by atoms with van der Waals surface area (Å²) in [5, 5.41) is 16.2. The third-order valence-electron chi connectivity index (χ3n) is 3.71. The van der Waals surface area contributed by atoms with Gasteiger partial charge in [-0.15, -0.1) is 0 Å². The van der Waals surface area contributed by atoms with Crippen LogP contribution in [0.1, 0.15) is 37.3 Å². The number of nitrogens with two attached hydrogens (primary N) is 1. The topological polar surface area (TPSA) is 70.6 Å². The molecule has 1 saturated carbocycles. The Morgan fingerprint density at radius 2 is 2.35 bits per heavy atom. The number of nitrogens with one attached hydrogen (secondary N) is 1. The van der Waals surface area contributed by atoms with Crippen LogP contribution in [0.4, 0.5) is 0 Å². The maximum absolute atomic E-state index is 8.71. The van der Waals surface area contributed by atoms with Crippen molar-refractivity contribution in [3.8, 4) is 0 Å². The predicted octanol–water partition coefficient (Wildman–Crippen LogP) is 2.54. The van der Waals surface area contributed by atoms with E-state index in [-0.39, 0.29) is 5.84 Å². The van der Waals surface area contributed by atoms with E-state index in [1.807, 2.05) is 18.2 Å². The average molecular weight is 293 g/mol. The first-order valence-corrected chi connectivity index (χ1v) is 8.19. The van der Waals surface area contributed by atoms with Crippen molar-refractivity contribution in [1.82, 2.24) is 5.32 Å². The summed E-state index contributed by atoms with van der Waals surface area (Å²) >= 11 is 2.07. The Bertz CT molecular complexity index is 464. The van der Waals surface area contributed by atoms with Crippen LogP contribution >= 0.6 is 11.8 Å². The molecule has 0 radical (unpaired) electrons. The highest BCUT2D eigenvalue weighted by Crippen LogP contribution is 2.29. The van der Waals surface area contributed by atoms with E-state index in [1.165, 1.54) is 30.6 Å². The second-order valence-electron chi connectivity index (χ2n) is 5.15. The van der Waals surface area contributed by atoms with Crippen LogP contribution in [0.3, 0.4) is 0 Å². The van der Waals surface area contributed by atoms with Gasteiger partial charge in [-0.2, -0.15) is 11.8 Å². The molecule has 2 unspecified atom stereocenters. The quantitative estimate of drug-likeness (QED) is 0.326. The van der Waals surface area contributed by atoms with E-state index in [0.717, 1.165) is 17.4 Å². The van der Waals surface area contributed by atoms with Gasteiger partial charge in [0.1, 0.15) is 0 Å². The van der Waals surface area contributed by atoms with Gasteiger partial charge in [0, 0.05) is 23.4 Å². The van der Waals surface area contributed by atoms with Crippen LogP contribution in [-0.4, -0.2) is 28.1 Å². The average Bonchev–Trinajstić information content (AvgIpc) is 2.93. The summed E-state index contributed by atoms with van der Waals surface area (Å²) < 4.78 is 0. The van der Waals surface area contributed by atoms with Crippen molar-refractivity contribution in [2.75, 3.05) is 5.75 Å². The molecule has 0 aromatic heterocycles. The Balaban J connectivity index is 1.85. The number of hydrogen-bond acceptors (Lipinski definition) is 4. The molecule has 2 atom stereocenters. The number of nitrogens with zero attached hydrogens (tertiary/aromatic N) is 1. The normalized spacial score (nSPS) is 23.1. The summed E-state index contributed by atoms with van der Waals surface area (Å²) in [6.45, 7) is 3.06. The summed E-state index contributed by atoms with van der Waals surface area (Å²) in [5.41, 5.74) is 7.54. The number of amidine groups is 1. The van der Waals surface area contributed by atoms with E-state index < -0.39 is 0 Å². The fourth-order valence-electron chi connectivity index (χ4n) is 2.67. The molecule has 5 heteroatoms. The Morgan fingerprint density at radius 1 is 1.50 bits per heavy atom. The zero-order valence-electron chi connectivity index (χ0n) is 11.9. The monoisotopic (exact) mass is 293 g/mol. The van der Waals surface area contributed by atoms with Crippen molar-refractivity contribution < 1.29 is 5.21 Å². The lowest BCUT2D eigenvalue weighted by Gasteiger charge is -2.13. The molecule has 0 spiro atoms. The van der Waals surface area contributed by atoms with Gasteiger partial charge < -0.3 is 16.3 Å². The minimum atomic E-state index is 0.159. The molecule has 2 rings (SSSR count). The van der Waals surface area contributed by atoms with E-state index in [1.54, 1.807) is 0 Å². The fourth-order valence-corrected chi connectivity index (χ4v) is 3.82. The smallest absolute Gasteiger partial charge is 0.170 e. The van der Waals surface area contributed by atoms with E-state index in [9.17, 15) is 0 Å². The summed E-state index contributed by atoms with van der Waals surface area (Å²) in [6, 6.07) is 8.44. The maximum Gasteiger partial charge on any atom is 0.170 e. The molecule has 110 valence electrons. The third-order valence-corrected chi connectivity index (χ3v) is 4.95. The molecule has 1 aromatic rings. The third kappa shape index (κ3) is 4.15. The van der Waals surface area contributed by atoms with Crippen LogP contribution in [0.2, 0.25) is 0 Å². The van der Waals surface area contributed by atoms with Gasteiger partial charge in [-0.3, -0.25) is 0 Å². The zero-order chi connectivity index (χ0) is 14.4. The van der Waals surface area contributed by atoms with Crippen LogP contribution in [0.15, 0.2) is 29.4 Å². The van der Waals surface area contributed by atoms with Gasteiger partial charge in [-0.25, -0.2) is 0 Å². The molecule has 20 heavy (non-hydrogen) atoms. The minimum absolute atomic E-state index is 0.159. The van der Waals surface area contributed by atoms with E-state index in [2.05, 4.69) is 35.2 Å². The Kier molecular flexibility index (Phi) is 5.73. The van der Waals surface area contributed by atoms with Crippen LogP contribution in [0.5, 0.6) is 0 Å². The summed E-state index contributed by atoms with van der Waals surface area (Å²) in [5.74, 6) is 1.37. The van der Waals surface area contributed by atoms with Crippen LogP contribution < -0.4 is 11.1 Å². The fraction of sp³-hybridized carbons (Fsp3) is 0.533. The molecular formula is C15H23N3OS. The highest BCUT2D eigenvalue weighted by molar-refractivity contribution is 7.99. The first-order chi connectivity index (χ1) is 9.72. The van der Waals surface area contributed by atoms with E-state index in [0.29, 0.717) is 6.04 Å². The Morgan fingerprint density at radius 3 is 3.10 bits per heavy atom. The molecule has 4 nitrogen and oxygen atoms in total. The van der Waals surface area contributed by atoms with Crippen molar-refractivity contribution in [1.29, 1.82) is 0 Å². The Labute approximate surface area is 124 Å². The van der Waals surface area contributed by atoms with E-state index >= 15 is 0 Å². The number of thioether (sulfide) groups is 1. The number of benzene rings is 1. The molecule has 0 bridgehead atoms. The van der Waals surface area contributed by atoms with Crippen molar-refractivity contribution >= 4 is 17.6 Å². The minimum Gasteiger partial charge on any atom is -0.409 e. The van der Waals surface area contributed by atoms with Gasteiger partial charge in [-0.05, 0) is 36.6 Å². The van der Waals surface area contributed by atoms with Crippen LogP contribution in [0, 0.1) is 0 Å². The maximum atomic E-state index is 8.71. The molecule has 4 N–H and O–H groups in total. The van der Waals surface area contributed by atoms with Crippen molar-refractivity contribution in [3.63, 3.8) is 0 Å². The van der Waals surface area contributed by atoms with E-state index in [4.69, 9.17) is 10.9 Å². The molecule has 0 amide bonds. The SMILES string of the molecule is CCSC1CCC(NCc2cccc(/C(N)=N/O)c2)C1. The lowest BCUT2D eigenvalue weighted by atomic mass is 10.1.